The molecule has 0 radical (unpaired) electrons. The van der Waals surface area contributed by atoms with Crippen molar-refractivity contribution in [2.75, 3.05) is 11.1 Å². The highest BCUT2D eigenvalue weighted by molar-refractivity contribution is 7.99. The minimum Gasteiger partial charge on any atom is -0.380 e. The van der Waals surface area contributed by atoms with Crippen LogP contribution >= 0.6 is 11.8 Å². The Labute approximate surface area is 126 Å². The molecule has 0 saturated heterocycles. The second-order valence-corrected chi connectivity index (χ2v) is 5.88. The van der Waals surface area contributed by atoms with E-state index < -0.39 is 0 Å². The van der Waals surface area contributed by atoms with Crippen LogP contribution < -0.4 is 5.32 Å². The van der Waals surface area contributed by atoms with Gasteiger partial charge in [0.2, 0.25) is 0 Å². The predicted octanol–water partition coefficient (Wildman–Crippen LogP) is 5.19. The van der Waals surface area contributed by atoms with E-state index in [0.717, 1.165) is 12.3 Å². The fourth-order valence-corrected chi connectivity index (χ4v) is 2.97. The number of benzene rings is 2. The van der Waals surface area contributed by atoms with Crippen LogP contribution in [0.2, 0.25) is 0 Å². The van der Waals surface area contributed by atoms with E-state index in [9.17, 15) is 0 Å². The van der Waals surface area contributed by atoms with Crippen LogP contribution in [0.4, 0.5) is 5.69 Å². The molecule has 2 heteroatoms. The van der Waals surface area contributed by atoms with Crippen LogP contribution in [0.1, 0.15) is 16.7 Å². The third kappa shape index (κ3) is 3.67. The summed E-state index contributed by atoms with van der Waals surface area (Å²) in [7, 11) is 0. The van der Waals surface area contributed by atoms with Crippen molar-refractivity contribution in [2.24, 2.45) is 0 Å². The van der Waals surface area contributed by atoms with E-state index in [1.54, 1.807) is 0 Å². The molecule has 1 nitrogen and oxygen atoms in total. The summed E-state index contributed by atoms with van der Waals surface area (Å²) in [6.07, 6.45) is 1.94. The Bertz CT molecular complexity index is 569. The van der Waals surface area contributed by atoms with Crippen LogP contribution in [0.3, 0.4) is 0 Å². The maximum atomic E-state index is 3.78. The lowest BCUT2D eigenvalue weighted by atomic mass is 10.0. The van der Waals surface area contributed by atoms with Crippen LogP contribution in [-0.2, 0) is 6.54 Å². The summed E-state index contributed by atoms with van der Waals surface area (Å²) in [5.41, 5.74) is 5.26. The first kappa shape index (κ1) is 14.7. The molecule has 2 aromatic rings. The van der Waals surface area contributed by atoms with Gasteiger partial charge in [-0.05, 0) is 42.7 Å². The number of nitrogens with one attached hydrogen (secondary N) is 1. The van der Waals surface area contributed by atoms with Gasteiger partial charge in [0, 0.05) is 22.9 Å². The van der Waals surface area contributed by atoms with Gasteiger partial charge in [-0.3, -0.25) is 0 Å². The zero-order valence-electron chi connectivity index (χ0n) is 12.1. The number of thioether (sulfide) groups is 1. The summed E-state index contributed by atoms with van der Waals surface area (Å²) in [6.45, 7) is 8.98. The predicted molar refractivity (Wildman–Crippen MR) is 90.6 cm³/mol. The molecule has 20 heavy (non-hydrogen) atoms. The molecule has 0 spiro atoms. The van der Waals surface area contributed by atoms with E-state index in [1.807, 2.05) is 17.8 Å². The summed E-state index contributed by atoms with van der Waals surface area (Å²) in [5, 5.41) is 3.56. The first-order chi connectivity index (χ1) is 9.72. The summed E-state index contributed by atoms with van der Waals surface area (Å²) < 4.78 is 0. The average molecular weight is 283 g/mol. The highest BCUT2D eigenvalue weighted by Gasteiger charge is 2.04. The van der Waals surface area contributed by atoms with Crippen molar-refractivity contribution < 1.29 is 0 Å². The molecule has 0 bridgehead atoms. The minimum atomic E-state index is 0.865. The van der Waals surface area contributed by atoms with Gasteiger partial charge in [0.25, 0.3) is 0 Å². The smallest absolute Gasteiger partial charge is 0.0481 e. The van der Waals surface area contributed by atoms with Crippen LogP contribution in [0.5, 0.6) is 0 Å². The second-order valence-electron chi connectivity index (χ2n) is 4.82. The van der Waals surface area contributed by atoms with E-state index in [0.29, 0.717) is 0 Å². The number of anilines is 1. The zero-order valence-corrected chi connectivity index (χ0v) is 13.0. The van der Waals surface area contributed by atoms with E-state index in [4.69, 9.17) is 0 Å². The number of hydrogen-bond acceptors (Lipinski definition) is 2. The van der Waals surface area contributed by atoms with Crippen molar-refractivity contribution in [3.8, 4) is 0 Å². The highest BCUT2D eigenvalue weighted by atomic mass is 32.2. The number of aryl methyl sites for hydroxylation is 2. The van der Waals surface area contributed by atoms with Crippen molar-refractivity contribution in [1.29, 1.82) is 0 Å². The molecular weight excluding hydrogens is 262 g/mol. The summed E-state index contributed by atoms with van der Waals surface area (Å²) in [4.78, 5) is 1.28. The van der Waals surface area contributed by atoms with Gasteiger partial charge < -0.3 is 5.32 Å². The van der Waals surface area contributed by atoms with Crippen LogP contribution in [0.25, 0.3) is 0 Å². The maximum Gasteiger partial charge on any atom is 0.0481 e. The molecule has 0 unspecified atom stereocenters. The third-order valence-corrected chi connectivity index (χ3v) is 4.41. The molecule has 0 amide bonds. The van der Waals surface area contributed by atoms with Crippen molar-refractivity contribution in [3.05, 3.63) is 71.8 Å². The molecule has 0 aliphatic carbocycles. The standard InChI is InChI=1S/C18H21NS/c1-4-12-20-18-11-6-5-10-17(18)19-13-16-14(2)8-7-9-15(16)3/h4-11,19H,1,12-13H2,2-3H3. The Morgan fingerprint density at radius 3 is 2.45 bits per heavy atom. The molecule has 0 atom stereocenters. The van der Waals surface area contributed by atoms with Gasteiger partial charge >= 0.3 is 0 Å². The minimum absolute atomic E-state index is 0.865. The van der Waals surface area contributed by atoms with Crippen molar-refractivity contribution in [3.63, 3.8) is 0 Å². The normalized spacial score (nSPS) is 10.3. The van der Waals surface area contributed by atoms with Gasteiger partial charge in [-0.1, -0.05) is 36.4 Å². The molecule has 0 heterocycles. The maximum absolute atomic E-state index is 3.78. The van der Waals surface area contributed by atoms with E-state index in [2.05, 4.69) is 68.2 Å². The highest BCUT2D eigenvalue weighted by Crippen LogP contribution is 2.27. The van der Waals surface area contributed by atoms with Crippen LogP contribution in [0.15, 0.2) is 60.0 Å². The molecule has 0 aliphatic heterocycles. The second kappa shape index (κ2) is 7.20. The first-order valence-corrected chi connectivity index (χ1v) is 7.82. The fraction of sp³-hybridized carbons (Fsp3) is 0.222. The molecule has 104 valence electrons. The fourth-order valence-electron chi connectivity index (χ4n) is 2.20. The van der Waals surface area contributed by atoms with Crippen LogP contribution in [0, 0.1) is 13.8 Å². The zero-order chi connectivity index (χ0) is 14.4. The number of para-hydroxylation sites is 1. The molecule has 0 fully saturated rings. The lowest BCUT2D eigenvalue weighted by Crippen LogP contribution is -2.04. The number of hydrogen-bond donors (Lipinski definition) is 1. The Kier molecular flexibility index (Phi) is 5.31. The average Bonchev–Trinajstić information content (AvgIpc) is 2.45. The Hall–Kier alpha value is -1.67. The summed E-state index contributed by atoms with van der Waals surface area (Å²) in [5.74, 6) is 0.933. The molecular formula is C18H21NS. The van der Waals surface area contributed by atoms with Crippen LogP contribution in [-0.4, -0.2) is 5.75 Å². The Morgan fingerprint density at radius 1 is 1.05 bits per heavy atom. The van der Waals surface area contributed by atoms with Crippen molar-refractivity contribution >= 4 is 17.4 Å². The van der Waals surface area contributed by atoms with Gasteiger partial charge in [-0.2, -0.15) is 0 Å². The van der Waals surface area contributed by atoms with Crippen molar-refractivity contribution in [1.82, 2.24) is 0 Å². The van der Waals surface area contributed by atoms with Gasteiger partial charge in [0.1, 0.15) is 0 Å². The molecule has 1 N–H and O–H groups in total. The molecule has 2 aromatic carbocycles. The van der Waals surface area contributed by atoms with Gasteiger partial charge in [-0.25, -0.2) is 0 Å². The summed E-state index contributed by atoms with van der Waals surface area (Å²) in [6, 6.07) is 14.9. The lowest BCUT2D eigenvalue weighted by molar-refractivity contribution is 1.08. The van der Waals surface area contributed by atoms with E-state index in [-0.39, 0.29) is 0 Å². The first-order valence-electron chi connectivity index (χ1n) is 6.84. The molecule has 2 rings (SSSR count). The molecule has 0 aromatic heterocycles. The van der Waals surface area contributed by atoms with E-state index >= 15 is 0 Å². The van der Waals surface area contributed by atoms with Gasteiger partial charge in [-0.15, -0.1) is 18.3 Å². The Morgan fingerprint density at radius 2 is 1.75 bits per heavy atom. The molecule has 0 saturated carbocycles. The Balaban J connectivity index is 2.13. The SMILES string of the molecule is C=CCSc1ccccc1NCc1c(C)cccc1C. The van der Waals surface area contributed by atoms with Gasteiger partial charge in [0.15, 0.2) is 0 Å². The topological polar surface area (TPSA) is 12.0 Å². The monoisotopic (exact) mass is 283 g/mol. The molecule has 0 aliphatic rings. The van der Waals surface area contributed by atoms with Crippen molar-refractivity contribution in [2.45, 2.75) is 25.3 Å². The quantitative estimate of drug-likeness (QED) is 0.578. The number of rotatable bonds is 6. The van der Waals surface area contributed by atoms with Gasteiger partial charge in [0.05, 0.1) is 0 Å². The lowest BCUT2D eigenvalue weighted by Gasteiger charge is -2.14. The largest absolute Gasteiger partial charge is 0.380 e. The summed E-state index contributed by atoms with van der Waals surface area (Å²) >= 11 is 1.81. The van der Waals surface area contributed by atoms with E-state index in [1.165, 1.54) is 27.3 Å². The third-order valence-electron chi connectivity index (χ3n) is 3.34.